The van der Waals surface area contributed by atoms with Crippen molar-refractivity contribution in [1.82, 2.24) is 4.90 Å². The lowest BCUT2D eigenvalue weighted by Crippen LogP contribution is -2.35. The number of hydrogen-bond acceptors (Lipinski definition) is 3. The summed E-state index contributed by atoms with van der Waals surface area (Å²) in [6.45, 7) is 10.6. The second-order valence-corrected chi connectivity index (χ2v) is 8.82. The summed E-state index contributed by atoms with van der Waals surface area (Å²) < 4.78 is 13.4. The number of nitrogens with zero attached hydrogens (tertiary/aromatic N) is 1. The van der Waals surface area contributed by atoms with Gasteiger partial charge in [0.2, 0.25) is 0 Å². The minimum atomic E-state index is -0.391. The monoisotopic (exact) mass is 394 g/mol. The van der Waals surface area contributed by atoms with Crippen LogP contribution in [0, 0.1) is 11.7 Å². The lowest BCUT2D eigenvalue weighted by Gasteiger charge is -2.19. The van der Waals surface area contributed by atoms with Crippen molar-refractivity contribution >= 4 is 23.1 Å². The maximum Gasteiger partial charge on any atom is 0.278 e. The van der Waals surface area contributed by atoms with Gasteiger partial charge in [-0.25, -0.2) is 4.39 Å². The van der Waals surface area contributed by atoms with Crippen molar-refractivity contribution in [3.8, 4) is 0 Å². The molecule has 29 heavy (non-hydrogen) atoms. The van der Waals surface area contributed by atoms with Gasteiger partial charge in [0.15, 0.2) is 0 Å². The van der Waals surface area contributed by atoms with E-state index in [2.05, 4.69) is 26.1 Å². The van der Waals surface area contributed by atoms with Gasteiger partial charge in [0, 0.05) is 12.2 Å². The van der Waals surface area contributed by atoms with Crippen LogP contribution in [0.1, 0.15) is 45.7 Å². The zero-order chi connectivity index (χ0) is 21.3. The van der Waals surface area contributed by atoms with Gasteiger partial charge in [-0.05, 0) is 46.7 Å². The van der Waals surface area contributed by atoms with Crippen molar-refractivity contribution in [1.29, 1.82) is 0 Å². The molecule has 0 fully saturated rings. The van der Waals surface area contributed by atoms with Gasteiger partial charge in [-0.3, -0.25) is 14.5 Å². The summed E-state index contributed by atoms with van der Waals surface area (Å²) in [6, 6.07) is 13.5. The van der Waals surface area contributed by atoms with E-state index in [-0.39, 0.29) is 34.4 Å². The average Bonchev–Trinajstić information content (AvgIpc) is 2.86. The van der Waals surface area contributed by atoms with Gasteiger partial charge >= 0.3 is 0 Å². The first kappa shape index (κ1) is 20.8. The number of carbonyl (C=O) groups is 2. The Balaban J connectivity index is 2.01. The number of hydrogen-bond donors (Lipinski definition) is 1. The maximum absolute atomic E-state index is 13.4. The van der Waals surface area contributed by atoms with Gasteiger partial charge in [-0.1, -0.05) is 58.9 Å². The predicted octanol–water partition coefficient (Wildman–Crippen LogP) is 4.97. The number of anilines is 1. The summed E-state index contributed by atoms with van der Waals surface area (Å²) in [6.07, 6.45) is 0. The fourth-order valence-electron chi connectivity index (χ4n) is 3.31. The smallest absolute Gasteiger partial charge is 0.278 e. The standard InChI is InChI=1S/C24H27FN2O2/c1-15(2)14-27-22(28)20(16-6-10-18(25)11-7-16)21(23(27)29)26-19-12-8-17(9-13-19)24(3,4)5/h6-13,15,26H,14H2,1-5H3. The van der Waals surface area contributed by atoms with E-state index in [1.807, 2.05) is 38.1 Å². The second kappa shape index (κ2) is 7.82. The molecule has 2 amide bonds. The van der Waals surface area contributed by atoms with Crippen LogP contribution in [0.3, 0.4) is 0 Å². The molecule has 2 aromatic carbocycles. The number of carbonyl (C=O) groups excluding carboxylic acids is 2. The summed E-state index contributed by atoms with van der Waals surface area (Å²) in [5, 5.41) is 3.14. The fraction of sp³-hybridized carbons (Fsp3) is 0.333. The zero-order valence-electron chi connectivity index (χ0n) is 17.5. The van der Waals surface area contributed by atoms with Crippen LogP contribution >= 0.6 is 0 Å². The van der Waals surface area contributed by atoms with Crippen LogP contribution in [0.15, 0.2) is 54.2 Å². The number of imide groups is 1. The Morgan fingerprint density at radius 3 is 2.03 bits per heavy atom. The average molecular weight is 394 g/mol. The summed E-state index contributed by atoms with van der Waals surface area (Å²) in [4.78, 5) is 27.3. The Morgan fingerprint density at radius 1 is 0.931 bits per heavy atom. The molecule has 1 heterocycles. The Kier molecular flexibility index (Phi) is 5.60. The maximum atomic E-state index is 13.4. The highest BCUT2D eigenvalue weighted by atomic mass is 19.1. The number of rotatable bonds is 5. The summed E-state index contributed by atoms with van der Waals surface area (Å²) in [5.41, 5.74) is 2.93. The summed E-state index contributed by atoms with van der Waals surface area (Å²) in [7, 11) is 0. The van der Waals surface area contributed by atoms with E-state index in [0.717, 1.165) is 5.69 Å². The molecule has 0 spiro atoms. The van der Waals surface area contributed by atoms with Gasteiger partial charge in [0.25, 0.3) is 11.8 Å². The Labute approximate surface area is 171 Å². The van der Waals surface area contributed by atoms with Crippen molar-refractivity contribution in [3.63, 3.8) is 0 Å². The topological polar surface area (TPSA) is 49.4 Å². The first-order chi connectivity index (χ1) is 13.6. The first-order valence-electron chi connectivity index (χ1n) is 9.82. The van der Waals surface area contributed by atoms with Crippen LogP contribution in [-0.2, 0) is 15.0 Å². The van der Waals surface area contributed by atoms with Gasteiger partial charge in [0.1, 0.15) is 11.5 Å². The number of benzene rings is 2. The molecule has 5 heteroatoms. The van der Waals surface area contributed by atoms with Crippen molar-refractivity contribution in [2.75, 3.05) is 11.9 Å². The highest BCUT2D eigenvalue weighted by molar-refractivity contribution is 6.36. The van der Waals surface area contributed by atoms with E-state index in [0.29, 0.717) is 12.1 Å². The van der Waals surface area contributed by atoms with Crippen LogP contribution in [0.2, 0.25) is 0 Å². The minimum Gasteiger partial charge on any atom is -0.350 e. The van der Waals surface area contributed by atoms with E-state index in [9.17, 15) is 14.0 Å². The predicted molar refractivity (Wildman–Crippen MR) is 114 cm³/mol. The SMILES string of the molecule is CC(C)CN1C(=O)C(Nc2ccc(C(C)(C)C)cc2)=C(c2ccc(F)cc2)C1=O. The number of halogens is 1. The van der Waals surface area contributed by atoms with Crippen LogP contribution < -0.4 is 5.32 Å². The van der Waals surface area contributed by atoms with E-state index < -0.39 is 5.82 Å². The van der Waals surface area contributed by atoms with Gasteiger partial charge in [-0.15, -0.1) is 0 Å². The van der Waals surface area contributed by atoms with E-state index in [1.165, 1.54) is 34.7 Å². The van der Waals surface area contributed by atoms with Crippen molar-refractivity contribution in [2.24, 2.45) is 5.92 Å². The molecule has 4 nitrogen and oxygen atoms in total. The van der Waals surface area contributed by atoms with Gasteiger partial charge in [0.05, 0.1) is 5.57 Å². The molecular weight excluding hydrogens is 367 g/mol. The lowest BCUT2D eigenvalue weighted by molar-refractivity contribution is -0.137. The minimum absolute atomic E-state index is 0.0181. The third kappa shape index (κ3) is 4.39. The molecule has 2 aromatic rings. The molecule has 0 bridgehead atoms. The molecule has 0 aromatic heterocycles. The molecule has 1 aliphatic heterocycles. The van der Waals surface area contributed by atoms with Crippen molar-refractivity contribution in [3.05, 3.63) is 71.2 Å². The molecule has 0 atom stereocenters. The van der Waals surface area contributed by atoms with Crippen LogP contribution in [0.5, 0.6) is 0 Å². The zero-order valence-corrected chi connectivity index (χ0v) is 17.5. The number of nitrogens with one attached hydrogen (secondary N) is 1. The molecule has 152 valence electrons. The van der Waals surface area contributed by atoms with Crippen LogP contribution in [0.25, 0.3) is 5.57 Å². The Morgan fingerprint density at radius 2 is 1.52 bits per heavy atom. The normalized spacial score (nSPS) is 14.9. The summed E-state index contributed by atoms with van der Waals surface area (Å²) in [5.74, 6) is -0.965. The molecule has 0 saturated carbocycles. The number of amides is 2. The third-order valence-corrected chi connectivity index (χ3v) is 4.87. The Hall–Kier alpha value is -2.95. The van der Waals surface area contributed by atoms with E-state index >= 15 is 0 Å². The van der Waals surface area contributed by atoms with Gasteiger partial charge in [-0.2, -0.15) is 0 Å². The van der Waals surface area contributed by atoms with Crippen LogP contribution in [-0.4, -0.2) is 23.3 Å². The second-order valence-electron chi connectivity index (χ2n) is 8.82. The molecule has 3 rings (SSSR count). The van der Waals surface area contributed by atoms with Crippen molar-refractivity contribution in [2.45, 2.75) is 40.0 Å². The quantitative estimate of drug-likeness (QED) is 0.729. The highest BCUT2D eigenvalue weighted by Crippen LogP contribution is 2.32. The molecule has 1 N–H and O–H groups in total. The van der Waals surface area contributed by atoms with E-state index in [4.69, 9.17) is 0 Å². The fourth-order valence-corrected chi connectivity index (χ4v) is 3.31. The summed E-state index contributed by atoms with van der Waals surface area (Å²) >= 11 is 0. The molecular formula is C24H27FN2O2. The first-order valence-corrected chi connectivity index (χ1v) is 9.82. The lowest BCUT2D eigenvalue weighted by atomic mass is 9.87. The van der Waals surface area contributed by atoms with E-state index in [1.54, 1.807) is 0 Å². The highest BCUT2D eigenvalue weighted by Gasteiger charge is 2.39. The Bertz CT molecular complexity index is 952. The molecule has 1 aliphatic rings. The molecule has 0 aliphatic carbocycles. The van der Waals surface area contributed by atoms with Crippen LogP contribution in [0.4, 0.5) is 10.1 Å². The third-order valence-electron chi connectivity index (χ3n) is 4.87. The molecule has 0 radical (unpaired) electrons. The largest absolute Gasteiger partial charge is 0.350 e. The molecule has 0 unspecified atom stereocenters. The van der Waals surface area contributed by atoms with Crippen molar-refractivity contribution < 1.29 is 14.0 Å². The molecule has 0 saturated heterocycles. The van der Waals surface area contributed by atoms with Gasteiger partial charge < -0.3 is 5.32 Å².